The third-order valence-corrected chi connectivity index (χ3v) is 3.75. The monoisotopic (exact) mass is 244 g/mol. The third kappa shape index (κ3) is 2.12. The molecular weight excluding hydrogens is 224 g/mol. The molecule has 0 aromatic carbocycles. The minimum Gasteiger partial charge on any atom is -0.316 e. The van der Waals surface area contributed by atoms with Gasteiger partial charge in [-0.2, -0.15) is 0 Å². The Morgan fingerprint density at radius 2 is 2.33 bits per heavy atom. The van der Waals surface area contributed by atoms with Crippen molar-refractivity contribution in [1.82, 2.24) is 19.9 Å². The predicted molar refractivity (Wildman–Crippen MR) is 72.6 cm³/mol. The number of pyridine rings is 1. The van der Waals surface area contributed by atoms with Crippen LogP contribution in [0, 0.1) is 19.8 Å². The fourth-order valence-corrected chi connectivity index (χ4v) is 2.78. The minimum atomic E-state index is 0.706. The second-order valence-corrected chi connectivity index (χ2v) is 5.34. The first-order valence-corrected chi connectivity index (χ1v) is 6.74. The summed E-state index contributed by atoms with van der Waals surface area (Å²) in [5.41, 5.74) is 3.23. The topological polar surface area (TPSA) is 42.7 Å². The second kappa shape index (κ2) is 4.69. The van der Waals surface area contributed by atoms with Crippen LogP contribution >= 0.6 is 0 Å². The van der Waals surface area contributed by atoms with Crippen LogP contribution in [0.5, 0.6) is 0 Å². The third-order valence-electron chi connectivity index (χ3n) is 3.75. The molecule has 2 aromatic rings. The zero-order valence-corrected chi connectivity index (χ0v) is 11.1. The molecule has 4 nitrogen and oxygen atoms in total. The van der Waals surface area contributed by atoms with Gasteiger partial charge in [-0.15, -0.1) is 0 Å². The van der Waals surface area contributed by atoms with Crippen molar-refractivity contribution in [3.8, 4) is 0 Å². The highest BCUT2D eigenvalue weighted by atomic mass is 15.1. The van der Waals surface area contributed by atoms with Gasteiger partial charge >= 0.3 is 0 Å². The molecule has 4 heteroatoms. The number of aryl methyl sites for hydroxylation is 2. The van der Waals surface area contributed by atoms with Gasteiger partial charge in [0.25, 0.3) is 0 Å². The van der Waals surface area contributed by atoms with Gasteiger partial charge in [0.1, 0.15) is 11.3 Å². The van der Waals surface area contributed by atoms with Crippen LogP contribution in [0.3, 0.4) is 0 Å². The molecule has 1 saturated heterocycles. The van der Waals surface area contributed by atoms with Gasteiger partial charge in [-0.1, -0.05) is 0 Å². The lowest BCUT2D eigenvalue weighted by Gasteiger charge is -2.23. The van der Waals surface area contributed by atoms with E-state index in [4.69, 9.17) is 0 Å². The molecule has 0 spiro atoms. The van der Waals surface area contributed by atoms with E-state index in [1.54, 1.807) is 0 Å². The molecular formula is C14H20N4. The average Bonchev–Trinajstić information content (AvgIpc) is 2.66. The van der Waals surface area contributed by atoms with Crippen LogP contribution in [0.15, 0.2) is 12.3 Å². The van der Waals surface area contributed by atoms with E-state index in [2.05, 4.69) is 39.8 Å². The van der Waals surface area contributed by atoms with Crippen molar-refractivity contribution in [3.05, 3.63) is 23.7 Å². The van der Waals surface area contributed by atoms with E-state index in [0.29, 0.717) is 5.92 Å². The lowest BCUT2D eigenvalue weighted by Crippen LogP contribution is -2.32. The van der Waals surface area contributed by atoms with E-state index < -0.39 is 0 Å². The summed E-state index contributed by atoms with van der Waals surface area (Å²) in [5, 5.41) is 3.47. The number of hydrogen-bond acceptors (Lipinski definition) is 3. The van der Waals surface area contributed by atoms with Crippen molar-refractivity contribution in [2.24, 2.45) is 5.92 Å². The lowest BCUT2D eigenvalue weighted by molar-refractivity contribution is 0.337. The van der Waals surface area contributed by atoms with Gasteiger partial charge in [0.05, 0.1) is 0 Å². The van der Waals surface area contributed by atoms with E-state index in [1.165, 1.54) is 18.4 Å². The maximum Gasteiger partial charge on any atom is 0.160 e. The average molecular weight is 244 g/mol. The van der Waals surface area contributed by atoms with Crippen LogP contribution in [-0.4, -0.2) is 27.6 Å². The maximum absolute atomic E-state index is 4.62. The summed E-state index contributed by atoms with van der Waals surface area (Å²) >= 11 is 0. The van der Waals surface area contributed by atoms with Crippen LogP contribution in [0.25, 0.3) is 11.2 Å². The van der Waals surface area contributed by atoms with E-state index in [9.17, 15) is 0 Å². The molecule has 1 fully saturated rings. The summed E-state index contributed by atoms with van der Waals surface area (Å²) in [6.07, 6.45) is 4.51. The first-order valence-electron chi connectivity index (χ1n) is 6.74. The van der Waals surface area contributed by atoms with Gasteiger partial charge in [0, 0.05) is 12.7 Å². The van der Waals surface area contributed by atoms with E-state index >= 15 is 0 Å². The Morgan fingerprint density at radius 3 is 3.11 bits per heavy atom. The Kier molecular flexibility index (Phi) is 3.04. The molecule has 1 aliphatic rings. The molecule has 18 heavy (non-hydrogen) atoms. The van der Waals surface area contributed by atoms with Crippen molar-refractivity contribution in [2.45, 2.75) is 33.2 Å². The highest BCUT2D eigenvalue weighted by Crippen LogP contribution is 2.19. The summed E-state index contributed by atoms with van der Waals surface area (Å²) in [7, 11) is 0. The molecule has 1 N–H and O–H groups in total. The number of imidazole rings is 1. The zero-order valence-electron chi connectivity index (χ0n) is 11.1. The first-order chi connectivity index (χ1) is 8.74. The maximum atomic E-state index is 4.62. The van der Waals surface area contributed by atoms with Crippen LogP contribution in [0.4, 0.5) is 0 Å². The standard InChI is InChI=1S/C14H20N4/c1-10-6-13-14(16-7-10)18(11(2)17-13)9-12-4-3-5-15-8-12/h6-7,12,15H,3-5,8-9H2,1-2H3. The summed E-state index contributed by atoms with van der Waals surface area (Å²) < 4.78 is 2.27. The summed E-state index contributed by atoms with van der Waals surface area (Å²) in [6.45, 7) is 7.45. The Hall–Kier alpha value is -1.42. The van der Waals surface area contributed by atoms with Gasteiger partial charge in [0.2, 0.25) is 0 Å². The predicted octanol–water partition coefficient (Wildman–Crippen LogP) is 2.05. The summed E-state index contributed by atoms with van der Waals surface area (Å²) in [6, 6.07) is 2.12. The van der Waals surface area contributed by atoms with Gasteiger partial charge in [0.15, 0.2) is 5.65 Å². The van der Waals surface area contributed by atoms with Crippen molar-refractivity contribution >= 4 is 11.2 Å². The number of hydrogen-bond donors (Lipinski definition) is 1. The zero-order chi connectivity index (χ0) is 12.5. The van der Waals surface area contributed by atoms with Crippen LogP contribution in [0.2, 0.25) is 0 Å². The van der Waals surface area contributed by atoms with Crippen LogP contribution in [0.1, 0.15) is 24.2 Å². The van der Waals surface area contributed by atoms with E-state index in [0.717, 1.165) is 36.6 Å². The highest BCUT2D eigenvalue weighted by Gasteiger charge is 2.17. The number of rotatable bonds is 2. The lowest BCUT2D eigenvalue weighted by atomic mass is 10.00. The van der Waals surface area contributed by atoms with Crippen molar-refractivity contribution in [3.63, 3.8) is 0 Å². The summed E-state index contributed by atoms with van der Waals surface area (Å²) in [5.74, 6) is 1.78. The molecule has 2 aromatic heterocycles. The molecule has 0 saturated carbocycles. The van der Waals surface area contributed by atoms with Crippen LogP contribution < -0.4 is 5.32 Å². The number of aromatic nitrogens is 3. The van der Waals surface area contributed by atoms with Gasteiger partial charge in [-0.25, -0.2) is 9.97 Å². The first kappa shape index (κ1) is 11.7. The smallest absolute Gasteiger partial charge is 0.160 e. The molecule has 0 aliphatic carbocycles. The molecule has 0 radical (unpaired) electrons. The SMILES string of the molecule is Cc1cnc2c(c1)nc(C)n2CC1CCCNC1. The molecule has 1 unspecified atom stereocenters. The Bertz CT molecular complexity index is 552. The summed E-state index contributed by atoms with van der Waals surface area (Å²) in [4.78, 5) is 9.17. The number of piperidine rings is 1. The van der Waals surface area contributed by atoms with E-state index in [-0.39, 0.29) is 0 Å². The Labute approximate surface area is 107 Å². The molecule has 1 atom stereocenters. The minimum absolute atomic E-state index is 0.706. The van der Waals surface area contributed by atoms with Gasteiger partial charge < -0.3 is 9.88 Å². The number of nitrogens with zero attached hydrogens (tertiary/aromatic N) is 3. The largest absolute Gasteiger partial charge is 0.316 e. The number of fused-ring (bicyclic) bond motifs is 1. The molecule has 0 amide bonds. The van der Waals surface area contributed by atoms with E-state index in [1.807, 2.05) is 6.20 Å². The normalized spacial score (nSPS) is 20.4. The van der Waals surface area contributed by atoms with Gasteiger partial charge in [-0.3, -0.25) is 0 Å². The Balaban J connectivity index is 1.92. The van der Waals surface area contributed by atoms with Crippen molar-refractivity contribution in [1.29, 1.82) is 0 Å². The fraction of sp³-hybridized carbons (Fsp3) is 0.571. The highest BCUT2D eigenvalue weighted by molar-refractivity contribution is 5.72. The molecule has 0 bridgehead atoms. The Morgan fingerprint density at radius 1 is 1.44 bits per heavy atom. The van der Waals surface area contributed by atoms with Crippen molar-refractivity contribution in [2.75, 3.05) is 13.1 Å². The number of nitrogens with one attached hydrogen (secondary N) is 1. The quantitative estimate of drug-likeness (QED) is 0.879. The molecule has 96 valence electrons. The fourth-order valence-electron chi connectivity index (χ4n) is 2.78. The van der Waals surface area contributed by atoms with Gasteiger partial charge in [-0.05, 0) is 57.3 Å². The molecule has 1 aliphatic heterocycles. The van der Waals surface area contributed by atoms with Crippen LogP contribution in [-0.2, 0) is 6.54 Å². The molecule has 3 rings (SSSR count). The van der Waals surface area contributed by atoms with Crippen molar-refractivity contribution < 1.29 is 0 Å². The molecule has 3 heterocycles. The second-order valence-electron chi connectivity index (χ2n) is 5.34.